The van der Waals surface area contributed by atoms with E-state index in [4.69, 9.17) is 5.73 Å². The van der Waals surface area contributed by atoms with Crippen LogP contribution in [0.1, 0.15) is 37.7 Å². The third-order valence-electron chi connectivity index (χ3n) is 3.49. The number of hydrogen-bond acceptors (Lipinski definition) is 2. The van der Waals surface area contributed by atoms with Crippen LogP contribution >= 0.6 is 0 Å². The van der Waals surface area contributed by atoms with Gasteiger partial charge in [-0.2, -0.15) is 0 Å². The molecule has 0 bridgehead atoms. The molecule has 112 valence electrons. The molecule has 1 saturated carbocycles. The molecule has 4 N–H and O–H groups in total. The van der Waals surface area contributed by atoms with Gasteiger partial charge in [0.15, 0.2) is 0 Å². The number of nitrogens with one attached hydrogen (secondary N) is 2. The monoisotopic (exact) mass is 289 g/mol. The number of rotatable bonds is 2. The van der Waals surface area contributed by atoms with Crippen molar-refractivity contribution in [2.24, 2.45) is 5.73 Å². The van der Waals surface area contributed by atoms with Gasteiger partial charge < -0.3 is 16.4 Å². The van der Waals surface area contributed by atoms with E-state index in [1.54, 1.807) is 0 Å². The molecule has 1 fully saturated rings. The molecular formula is C16H20FN3O. The summed E-state index contributed by atoms with van der Waals surface area (Å²) < 4.78 is 13.5. The fraction of sp³-hybridized carbons (Fsp3) is 0.438. The molecule has 0 unspecified atom stereocenters. The lowest BCUT2D eigenvalue weighted by molar-refractivity contribution is 0.244. The van der Waals surface area contributed by atoms with Gasteiger partial charge in [-0.25, -0.2) is 9.18 Å². The lowest BCUT2D eigenvalue weighted by atomic mass is 9.96. The van der Waals surface area contributed by atoms with E-state index >= 15 is 0 Å². The maximum absolute atomic E-state index is 13.5. The number of halogens is 1. The Balaban J connectivity index is 1.96. The van der Waals surface area contributed by atoms with E-state index in [-0.39, 0.29) is 24.2 Å². The number of anilines is 1. The predicted octanol–water partition coefficient (Wildman–Crippen LogP) is 2.59. The molecule has 4 nitrogen and oxygen atoms in total. The van der Waals surface area contributed by atoms with Crippen molar-refractivity contribution in [3.8, 4) is 11.8 Å². The first-order chi connectivity index (χ1) is 10.2. The third-order valence-corrected chi connectivity index (χ3v) is 3.49. The number of nitrogens with two attached hydrogens (primary N) is 1. The molecule has 2 rings (SSSR count). The molecule has 1 aliphatic carbocycles. The Kier molecular flexibility index (Phi) is 5.59. The largest absolute Gasteiger partial charge is 0.335 e. The molecule has 0 aliphatic heterocycles. The minimum atomic E-state index is -0.422. The summed E-state index contributed by atoms with van der Waals surface area (Å²) >= 11 is 0. The van der Waals surface area contributed by atoms with Crippen molar-refractivity contribution in [1.82, 2.24) is 5.32 Å². The standard InChI is InChI=1S/C16H20FN3O/c17-15-9-8-14(11-12(15)5-4-10-18)20-16(21)19-13-6-2-1-3-7-13/h8-9,11,13H,1-3,6-7,10,18H2,(H2,19,20,21). The maximum atomic E-state index is 13.5. The lowest BCUT2D eigenvalue weighted by Gasteiger charge is -2.22. The summed E-state index contributed by atoms with van der Waals surface area (Å²) in [6.45, 7) is 0.166. The van der Waals surface area contributed by atoms with Gasteiger partial charge in [0.25, 0.3) is 0 Å². The average Bonchev–Trinajstić information content (AvgIpc) is 2.48. The summed E-state index contributed by atoms with van der Waals surface area (Å²) in [5.74, 6) is 4.82. The van der Waals surface area contributed by atoms with Gasteiger partial charge in [0.05, 0.1) is 12.1 Å². The molecule has 1 aliphatic rings. The summed E-state index contributed by atoms with van der Waals surface area (Å²) in [7, 11) is 0. The second-order valence-corrected chi connectivity index (χ2v) is 5.13. The van der Waals surface area contributed by atoms with Gasteiger partial charge in [-0.15, -0.1) is 0 Å². The molecule has 0 aromatic heterocycles. The van der Waals surface area contributed by atoms with Crippen molar-refractivity contribution in [2.75, 3.05) is 11.9 Å². The highest BCUT2D eigenvalue weighted by Gasteiger charge is 2.15. The van der Waals surface area contributed by atoms with Gasteiger partial charge in [-0.05, 0) is 31.0 Å². The number of urea groups is 1. The first-order valence-corrected chi connectivity index (χ1v) is 7.25. The molecule has 2 amide bonds. The van der Waals surface area contributed by atoms with Gasteiger partial charge in [-0.3, -0.25) is 0 Å². The van der Waals surface area contributed by atoms with Crippen LogP contribution in [0, 0.1) is 17.7 Å². The predicted molar refractivity (Wildman–Crippen MR) is 81.4 cm³/mol. The smallest absolute Gasteiger partial charge is 0.319 e. The van der Waals surface area contributed by atoms with E-state index in [0.717, 1.165) is 25.7 Å². The number of amides is 2. The first kappa shape index (κ1) is 15.3. The van der Waals surface area contributed by atoms with E-state index in [2.05, 4.69) is 22.5 Å². The molecule has 0 saturated heterocycles. The molecule has 5 heteroatoms. The van der Waals surface area contributed by atoms with Crippen molar-refractivity contribution >= 4 is 11.7 Å². The van der Waals surface area contributed by atoms with Crippen LogP contribution in [-0.4, -0.2) is 18.6 Å². The minimum absolute atomic E-state index is 0.166. The van der Waals surface area contributed by atoms with Crippen molar-refractivity contribution in [3.63, 3.8) is 0 Å². The Morgan fingerprint density at radius 3 is 2.81 bits per heavy atom. The van der Waals surface area contributed by atoms with Crippen LogP contribution in [0.25, 0.3) is 0 Å². The van der Waals surface area contributed by atoms with Gasteiger partial charge in [0.2, 0.25) is 0 Å². The van der Waals surface area contributed by atoms with Crippen LogP contribution in [0.15, 0.2) is 18.2 Å². The van der Waals surface area contributed by atoms with Gasteiger partial charge in [0.1, 0.15) is 5.82 Å². The summed E-state index contributed by atoms with van der Waals surface area (Å²) in [5.41, 5.74) is 6.03. The molecule has 0 spiro atoms. The number of carbonyl (C=O) groups excluding carboxylic acids is 1. The molecule has 1 aromatic rings. The highest BCUT2D eigenvalue weighted by molar-refractivity contribution is 5.89. The Morgan fingerprint density at radius 2 is 2.10 bits per heavy atom. The Bertz CT molecular complexity index is 556. The van der Waals surface area contributed by atoms with Crippen molar-refractivity contribution in [3.05, 3.63) is 29.6 Å². The molecule has 0 atom stereocenters. The number of benzene rings is 1. The molecule has 0 heterocycles. The number of carbonyl (C=O) groups is 1. The van der Waals surface area contributed by atoms with Crippen LogP contribution in [0.2, 0.25) is 0 Å². The third kappa shape index (κ3) is 4.76. The molecule has 0 radical (unpaired) electrons. The van der Waals surface area contributed by atoms with Crippen LogP contribution < -0.4 is 16.4 Å². The van der Waals surface area contributed by atoms with E-state index in [1.165, 1.54) is 24.6 Å². The van der Waals surface area contributed by atoms with Crippen LogP contribution in [-0.2, 0) is 0 Å². The molecular weight excluding hydrogens is 269 g/mol. The van der Waals surface area contributed by atoms with E-state index in [1.807, 2.05) is 0 Å². The zero-order chi connectivity index (χ0) is 15.1. The second-order valence-electron chi connectivity index (χ2n) is 5.13. The fourth-order valence-corrected chi connectivity index (χ4v) is 2.44. The number of hydrogen-bond donors (Lipinski definition) is 3. The topological polar surface area (TPSA) is 67.1 Å². The Labute approximate surface area is 124 Å². The Hall–Kier alpha value is -2.06. The average molecular weight is 289 g/mol. The van der Waals surface area contributed by atoms with Gasteiger partial charge >= 0.3 is 6.03 Å². The van der Waals surface area contributed by atoms with Crippen molar-refractivity contribution < 1.29 is 9.18 Å². The zero-order valence-electron chi connectivity index (χ0n) is 11.9. The molecule has 1 aromatic carbocycles. The SMILES string of the molecule is NCC#Cc1cc(NC(=O)NC2CCCCC2)ccc1F. The molecule has 21 heavy (non-hydrogen) atoms. The summed E-state index contributed by atoms with van der Waals surface area (Å²) in [4.78, 5) is 11.9. The first-order valence-electron chi connectivity index (χ1n) is 7.25. The quantitative estimate of drug-likeness (QED) is 0.733. The van der Waals surface area contributed by atoms with E-state index in [0.29, 0.717) is 5.69 Å². The minimum Gasteiger partial charge on any atom is -0.335 e. The van der Waals surface area contributed by atoms with Crippen LogP contribution in [0.4, 0.5) is 14.9 Å². The summed E-state index contributed by atoms with van der Waals surface area (Å²) in [5, 5.41) is 5.66. The van der Waals surface area contributed by atoms with Gasteiger partial charge in [-0.1, -0.05) is 31.1 Å². The van der Waals surface area contributed by atoms with Crippen molar-refractivity contribution in [2.45, 2.75) is 38.1 Å². The normalized spacial score (nSPS) is 15.0. The second kappa shape index (κ2) is 7.65. The highest BCUT2D eigenvalue weighted by atomic mass is 19.1. The highest BCUT2D eigenvalue weighted by Crippen LogP contribution is 2.18. The van der Waals surface area contributed by atoms with Gasteiger partial charge in [0, 0.05) is 11.7 Å². The van der Waals surface area contributed by atoms with Crippen molar-refractivity contribution in [1.29, 1.82) is 0 Å². The maximum Gasteiger partial charge on any atom is 0.319 e. The van der Waals surface area contributed by atoms with Crippen LogP contribution in [0.3, 0.4) is 0 Å². The van der Waals surface area contributed by atoms with E-state index < -0.39 is 5.82 Å². The fourth-order valence-electron chi connectivity index (χ4n) is 2.44. The lowest BCUT2D eigenvalue weighted by Crippen LogP contribution is -2.39. The van der Waals surface area contributed by atoms with Crippen LogP contribution in [0.5, 0.6) is 0 Å². The summed E-state index contributed by atoms with van der Waals surface area (Å²) in [6, 6.07) is 4.29. The Morgan fingerprint density at radius 1 is 1.33 bits per heavy atom. The summed E-state index contributed by atoms with van der Waals surface area (Å²) in [6.07, 6.45) is 5.58. The zero-order valence-corrected chi connectivity index (χ0v) is 11.9. The van der Waals surface area contributed by atoms with E-state index in [9.17, 15) is 9.18 Å².